The second-order valence-corrected chi connectivity index (χ2v) is 5.89. The van der Waals surface area contributed by atoms with Gasteiger partial charge in [-0.3, -0.25) is 4.79 Å². The smallest absolute Gasteiger partial charge is 0.228 e. The summed E-state index contributed by atoms with van der Waals surface area (Å²) in [6.45, 7) is 7.51. The van der Waals surface area contributed by atoms with E-state index in [1.165, 1.54) is 19.3 Å². The highest BCUT2D eigenvalue weighted by Crippen LogP contribution is 2.28. The average molecular weight is 241 g/mol. The SMILES string of the molecule is CCCCCCC(C)(C)C(=O)N1CCC(O)C1. The number of rotatable bonds is 6. The molecule has 0 bridgehead atoms. The van der Waals surface area contributed by atoms with Crippen LogP contribution >= 0.6 is 0 Å². The normalized spacial score (nSPS) is 20.9. The number of hydrogen-bond acceptors (Lipinski definition) is 2. The third kappa shape index (κ3) is 4.30. The Labute approximate surface area is 105 Å². The predicted octanol–water partition coefficient (Wildman–Crippen LogP) is 2.58. The van der Waals surface area contributed by atoms with E-state index in [-0.39, 0.29) is 17.4 Å². The van der Waals surface area contributed by atoms with Gasteiger partial charge in [-0.25, -0.2) is 0 Å². The summed E-state index contributed by atoms with van der Waals surface area (Å²) in [7, 11) is 0. The van der Waals surface area contributed by atoms with Crippen molar-refractivity contribution in [1.82, 2.24) is 4.90 Å². The van der Waals surface area contributed by atoms with Gasteiger partial charge < -0.3 is 10.0 Å². The van der Waals surface area contributed by atoms with E-state index in [1.807, 2.05) is 18.7 Å². The summed E-state index contributed by atoms with van der Waals surface area (Å²) >= 11 is 0. The second-order valence-electron chi connectivity index (χ2n) is 5.89. The summed E-state index contributed by atoms with van der Waals surface area (Å²) in [5.41, 5.74) is -0.266. The molecular formula is C14H27NO2. The van der Waals surface area contributed by atoms with Gasteiger partial charge in [0.1, 0.15) is 0 Å². The van der Waals surface area contributed by atoms with Gasteiger partial charge in [0.15, 0.2) is 0 Å². The molecular weight excluding hydrogens is 214 g/mol. The van der Waals surface area contributed by atoms with Crippen LogP contribution in [0.4, 0.5) is 0 Å². The van der Waals surface area contributed by atoms with Crippen LogP contribution in [-0.4, -0.2) is 35.1 Å². The Balaban J connectivity index is 2.37. The number of unbranched alkanes of at least 4 members (excludes halogenated alkanes) is 3. The summed E-state index contributed by atoms with van der Waals surface area (Å²) in [5.74, 6) is 0.213. The lowest BCUT2D eigenvalue weighted by Gasteiger charge is -2.29. The number of hydrogen-bond donors (Lipinski definition) is 1. The molecule has 1 unspecified atom stereocenters. The standard InChI is InChI=1S/C14H27NO2/c1-4-5-6-7-9-14(2,3)13(17)15-10-8-12(16)11-15/h12,16H,4-11H2,1-3H3. The van der Waals surface area contributed by atoms with Crippen molar-refractivity contribution in [2.24, 2.45) is 5.41 Å². The number of β-amino-alcohol motifs (C(OH)–C–C–N with tert-alkyl or cyclic N) is 1. The van der Waals surface area contributed by atoms with E-state index in [0.717, 1.165) is 25.8 Å². The lowest BCUT2D eigenvalue weighted by atomic mass is 9.85. The van der Waals surface area contributed by atoms with Crippen LogP contribution in [0.25, 0.3) is 0 Å². The van der Waals surface area contributed by atoms with Crippen LogP contribution in [0.5, 0.6) is 0 Å². The number of aliphatic hydroxyl groups excluding tert-OH is 1. The van der Waals surface area contributed by atoms with Gasteiger partial charge in [0.05, 0.1) is 6.10 Å². The molecule has 0 aromatic carbocycles. The molecule has 0 radical (unpaired) electrons. The van der Waals surface area contributed by atoms with Crippen LogP contribution in [0, 0.1) is 5.41 Å². The lowest BCUT2D eigenvalue weighted by Crippen LogP contribution is -2.40. The molecule has 3 nitrogen and oxygen atoms in total. The average Bonchev–Trinajstić information content (AvgIpc) is 2.70. The molecule has 0 aromatic heterocycles. The maximum absolute atomic E-state index is 12.3. The first-order chi connectivity index (χ1) is 7.97. The number of likely N-dealkylation sites (tertiary alicyclic amines) is 1. The van der Waals surface area contributed by atoms with E-state index in [2.05, 4.69) is 6.92 Å². The Morgan fingerprint density at radius 1 is 1.35 bits per heavy atom. The van der Waals surface area contributed by atoms with Crippen molar-refractivity contribution >= 4 is 5.91 Å². The molecule has 0 aliphatic carbocycles. The minimum atomic E-state index is -0.310. The molecule has 1 heterocycles. The van der Waals surface area contributed by atoms with E-state index in [9.17, 15) is 9.90 Å². The van der Waals surface area contributed by atoms with Crippen LogP contribution in [0.2, 0.25) is 0 Å². The van der Waals surface area contributed by atoms with Crippen LogP contribution in [0.3, 0.4) is 0 Å². The molecule has 1 atom stereocenters. The molecule has 1 fully saturated rings. The van der Waals surface area contributed by atoms with Crippen molar-refractivity contribution in [3.8, 4) is 0 Å². The predicted molar refractivity (Wildman–Crippen MR) is 69.7 cm³/mol. The minimum Gasteiger partial charge on any atom is -0.391 e. The fourth-order valence-corrected chi connectivity index (χ4v) is 2.45. The zero-order valence-corrected chi connectivity index (χ0v) is 11.5. The van der Waals surface area contributed by atoms with Crippen LogP contribution in [0.15, 0.2) is 0 Å². The molecule has 3 heteroatoms. The Bertz CT molecular complexity index is 251. The molecule has 0 spiro atoms. The number of nitrogens with zero attached hydrogens (tertiary/aromatic N) is 1. The second kappa shape index (κ2) is 6.39. The Morgan fingerprint density at radius 3 is 2.59 bits per heavy atom. The van der Waals surface area contributed by atoms with Crippen LogP contribution < -0.4 is 0 Å². The third-order valence-corrected chi connectivity index (χ3v) is 3.68. The quantitative estimate of drug-likeness (QED) is 0.726. The zero-order chi connectivity index (χ0) is 12.9. The van der Waals surface area contributed by atoms with Gasteiger partial charge in [-0.2, -0.15) is 0 Å². The number of carbonyl (C=O) groups excluding carboxylic acids is 1. The third-order valence-electron chi connectivity index (χ3n) is 3.68. The molecule has 0 saturated carbocycles. The highest BCUT2D eigenvalue weighted by Gasteiger charge is 2.34. The van der Waals surface area contributed by atoms with Gasteiger partial charge in [-0.1, -0.05) is 46.5 Å². The van der Waals surface area contributed by atoms with Gasteiger partial charge in [0.25, 0.3) is 0 Å². The maximum Gasteiger partial charge on any atom is 0.228 e. The zero-order valence-electron chi connectivity index (χ0n) is 11.5. The van der Waals surface area contributed by atoms with Crippen molar-refractivity contribution in [3.63, 3.8) is 0 Å². The van der Waals surface area contributed by atoms with Crippen LogP contribution in [-0.2, 0) is 4.79 Å². The summed E-state index contributed by atoms with van der Waals surface area (Å²) < 4.78 is 0. The van der Waals surface area contributed by atoms with E-state index in [4.69, 9.17) is 0 Å². The molecule has 1 aliphatic heterocycles. The van der Waals surface area contributed by atoms with Crippen molar-refractivity contribution in [2.45, 2.75) is 65.4 Å². The molecule has 17 heavy (non-hydrogen) atoms. The van der Waals surface area contributed by atoms with E-state index >= 15 is 0 Å². The molecule has 1 amide bonds. The minimum absolute atomic E-state index is 0.213. The first-order valence-electron chi connectivity index (χ1n) is 6.95. The largest absolute Gasteiger partial charge is 0.391 e. The Kier molecular flexibility index (Phi) is 5.44. The highest BCUT2D eigenvalue weighted by molar-refractivity contribution is 5.82. The van der Waals surface area contributed by atoms with Crippen molar-refractivity contribution in [1.29, 1.82) is 0 Å². The molecule has 1 aliphatic rings. The number of aliphatic hydroxyl groups is 1. The van der Waals surface area contributed by atoms with E-state index < -0.39 is 0 Å². The fraction of sp³-hybridized carbons (Fsp3) is 0.929. The molecule has 1 N–H and O–H groups in total. The van der Waals surface area contributed by atoms with Crippen molar-refractivity contribution in [2.75, 3.05) is 13.1 Å². The van der Waals surface area contributed by atoms with Gasteiger partial charge in [0, 0.05) is 18.5 Å². The molecule has 1 saturated heterocycles. The number of amides is 1. The van der Waals surface area contributed by atoms with Crippen molar-refractivity contribution < 1.29 is 9.90 Å². The first kappa shape index (κ1) is 14.5. The van der Waals surface area contributed by atoms with E-state index in [1.54, 1.807) is 0 Å². The van der Waals surface area contributed by atoms with Crippen molar-refractivity contribution in [3.05, 3.63) is 0 Å². The Hall–Kier alpha value is -0.570. The molecule has 100 valence electrons. The van der Waals surface area contributed by atoms with Gasteiger partial charge in [0.2, 0.25) is 5.91 Å². The van der Waals surface area contributed by atoms with E-state index in [0.29, 0.717) is 6.54 Å². The molecule has 0 aromatic rings. The lowest BCUT2D eigenvalue weighted by molar-refractivity contribution is -0.140. The highest BCUT2D eigenvalue weighted by atomic mass is 16.3. The van der Waals surface area contributed by atoms with Gasteiger partial charge in [-0.05, 0) is 12.8 Å². The summed E-state index contributed by atoms with van der Waals surface area (Å²) in [6.07, 6.45) is 6.21. The topological polar surface area (TPSA) is 40.5 Å². The summed E-state index contributed by atoms with van der Waals surface area (Å²) in [4.78, 5) is 14.1. The summed E-state index contributed by atoms with van der Waals surface area (Å²) in [6, 6.07) is 0. The first-order valence-corrected chi connectivity index (χ1v) is 6.95. The van der Waals surface area contributed by atoms with Gasteiger partial charge in [-0.15, -0.1) is 0 Å². The summed E-state index contributed by atoms with van der Waals surface area (Å²) in [5, 5.41) is 9.47. The number of carbonyl (C=O) groups is 1. The van der Waals surface area contributed by atoms with Gasteiger partial charge >= 0.3 is 0 Å². The Morgan fingerprint density at radius 2 is 2.06 bits per heavy atom. The monoisotopic (exact) mass is 241 g/mol. The fourth-order valence-electron chi connectivity index (χ4n) is 2.45. The molecule has 1 rings (SSSR count). The van der Waals surface area contributed by atoms with Crippen LogP contribution in [0.1, 0.15) is 59.3 Å². The maximum atomic E-state index is 12.3.